The number of hydrogen-bond acceptors (Lipinski definition) is 3. The first-order valence-corrected chi connectivity index (χ1v) is 7.57. The van der Waals surface area contributed by atoms with E-state index in [1.807, 2.05) is 30.5 Å². The molecule has 0 fully saturated rings. The minimum absolute atomic E-state index is 0.0670. The van der Waals surface area contributed by atoms with Gasteiger partial charge in [0.05, 0.1) is 7.11 Å². The molecule has 0 radical (unpaired) electrons. The summed E-state index contributed by atoms with van der Waals surface area (Å²) in [5, 5.41) is 0. The minimum atomic E-state index is 0.0670. The summed E-state index contributed by atoms with van der Waals surface area (Å²) in [7, 11) is 1.64. The van der Waals surface area contributed by atoms with E-state index in [9.17, 15) is 4.79 Å². The van der Waals surface area contributed by atoms with Crippen LogP contribution in [0.5, 0.6) is 5.75 Å². The number of carbonyl (C=O) groups is 1. The van der Waals surface area contributed by atoms with Gasteiger partial charge in [0, 0.05) is 35.7 Å². The summed E-state index contributed by atoms with van der Waals surface area (Å²) in [6, 6.07) is 5.84. The number of fused-ring (bicyclic) bond motifs is 1. The number of benzene rings is 1. The summed E-state index contributed by atoms with van der Waals surface area (Å²) < 4.78 is 5.28. The van der Waals surface area contributed by atoms with E-state index in [0.29, 0.717) is 6.42 Å². The normalized spacial score (nSPS) is 19.3. The van der Waals surface area contributed by atoms with Gasteiger partial charge in [-0.05, 0) is 34.9 Å². The van der Waals surface area contributed by atoms with Crippen molar-refractivity contribution in [2.45, 2.75) is 33.6 Å². The minimum Gasteiger partial charge on any atom is -0.497 e. The van der Waals surface area contributed by atoms with E-state index in [1.54, 1.807) is 7.11 Å². The number of methoxy groups -OCH3 is 1. The number of Topliss-reactive ketones (excluding diaryl/α,β-unsaturated/α-hetero) is 1. The first kappa shape index (κ1) is 14.8. The van der Waals surface area contributed by atoms with E-state index in [-0.39, 0.29) is 11.2 Å². The largest absolute Gasteiger partial charge is 0.497 e. The second-order valence-electron chi connectivity index (χ2n) is 6.89. The Morgan fingerprint density at radius 2 is 2.00 bits per heavy atom. The first-order valence-electron chi connectivity index (χ1n) is 7.57. The van der Waals surface area contributed by atoms with Gasteiger partial charge in [-0.25, -0.2) is 0 Å². The van der Waals surface area contributed by atoms with Crippen molar-refractivity contribution >= 4 is 17.1 Å². The second kappa shape index (κ2) is 5.24. The monoisotopic (exact) mass is 295 g/mol. The number of aliphatic imine (C=N–C) groups is 1. The zero-order valence-electron chi connectivity index (χ0n) is 13.6. The molecule has 1 heterocycles. The third-order valence-corrected chi connectivity index (χ3v) is 4.21. The number of ketones is 1. The SMILES string of the molecule is COc1ccc2c(c1)/C(=C/C1=CN=C(C(C)(C)C)C1)C(=O)C2. The Morgan fingerprint density at radius 1 is 1.23 bits per heavy atom. The Balaban J connectivity index is 1.90. The Kier molecular flexibility index (Phi) is 3.51. The standard InChI is InChI=1S/C19H21NO2/c1-19(2,3)18-8-12(11-20-18)7-16-15-10-14(22-4)6-5-13(15)9-17(16)21/h5-7,10-11H,8-9H2,1-4H3/b16-7-. The summed E-state index contributed by atoms with van der Waals surface area (Å²) >= 11 is 0. The Hall–Kier alpha value is -2.16. The van der Waals surface area contributed by atoms with Crippen LogP contribution in [0.25, 0.3) is 5.57 Å². The maximum atomic E-state index is 12.3. The molecule has 3 nitrogen and oxygen atoms in total. The molecule has 0 saturated heterocycles. The van der Waals surface area contributed by atoms with Crippen molar-refractivity contribution in [3.8, 4) is 5.75 Å². The number of nitrogens with zero attached hydrogens (tertiary/aromatic N) is 1. The second-order valence-corrected chi connectivity index (χ2v) is 6.89. The zero-order valence-corrected chi connectivity index (χ0v) is 13.6. The summed E-state index contributed by atoms with van der Waals surface area (Å²) in [4.78, 5) is 16.8. The molecule has 22 heavy (non-hydrogen) atoms. The summed E-state index contributed by atoms with van der Waals surface area (Å²) in [6.45, 7) is 6.49. The lowest BCUT2D eigenvalue weighted by Gasteiger charge is -2.18. The van der Waals surface area contributed by atoms with Crippen LogP contribution in [0.2, 0.25) is 0 Å². The summed E-state index contributed by atoms with van der Waals surface area (Å²) in [6.07, 6.45) is 5.18. The lowest BCUT2D eigenvalue weighted by molar-refractivity contribution is -0.112. The van der Waals surface area contributed by atoms with Crippen molar-refractivity contribution in [2.24, 2.45) is 10.4 Å². The highest BCUT2D eigenvalue weighted by molar-refractivity contribution is 6.26. The van der Waals surface area contributed by atoms with Crippen LogP contribution in [0.3, 0.4) is 0 Å². The van der Waals surface area contributed by atoms with Gasteiger partial charge in [0.2, 0.25) is 0 Å². The molecule has 3 rings (SSSR count). The first-order chi connectivity index (χ1) is 10.4. The highest BCUT2D eigenvalue weighted by Gasteiger charge is 2.27. The fourth-order valence-corrected chi connectivity index (χ4v) is 2.84. The van der Waals surface area contributed by atoms with Gasteiger partial charge in [0.15, 0.2) is 5.78 Å². The van der Waals surface area contributed by atoms with Crippen LogP contribution in [0.4, 0.5) is 0 Å². The van der Waals surface area contributed by atoms with E-state index in [1.165, 1.54) is 0 Å². The lowest BCUT2D eigenvalue weighted by atomic mass is 9.87. The fourth-order valence-electron chi connectivity index (χ4n) is 2.84. The summed E-state index contributed by atoms with van der Waals surface area (Å²) in [5.41, 5.74) is 5.18. The van der Waals surface area contributed by atoms with Gasteiger partial charge in [-0.2, -0.15) is 0 Å². The number of ether oxygens (including phenoxy) is 1. The van der Waals surface area contributed by atoms with Crippen molar-refractivity contribution in [2.75, 3.05) is 7.11 Å². The number of carbonyl (C=O) groups excluding carboxylic acids is 1. The van der Waals surface area contributed by atoms with Gasteiger partial charge in [0.1, 0.15) is 5.75 Å². The molecule has 0 N–H and O–H groups in total. The van der Waals surface area contributed by atoms with E-state index >= 15 is 0 Å². The molecule has 1 aromatic rings. The van der Waals surface area contributed by atoms with E-state index in [2.05, 4.69) is 25.8 Å². The molecule has 0 atom stereocenters. The number of hydrogen-bond donors (Lipinski definition) is 0. The Labute approximate surface area is 131 Å². The molecule has 0 unspecified atom stereocenters. The number of allylic oxidation sites excluding steroid dienone is 3. The van der Waals surface area contributed by atoms with Crippen LogP contribution in [-0.4, -0.2) is 18.6 Å². The van der Waals surface area contributed by atoms with Gasteiger partial charge in [-0.15, -0.1) is 0 Å². The van der Waals surface area contributed by atoms with Gasteiger partial charge in [-0.1, -0.05) is 26.8 Å². The van der Waals surface area contributed by atoms with Gasteiger partial charge >= 0.3 is 0 Å². The van der Waals surface area contributed by atoms with Gasteiger partial charge < -0.3 is 4.74 Å². The van der Waals surface area contributed by atoms with Crippen LogP contribution in [0, 0.1) is 5.41 Å². The van der Waals surface area contributed by atoms with Crippen LogP contribution >= 0.6 is 0 Å². The molecule has 0 aromatic heterocycles. The molecule has 0 spiro atoms. The van der Waals surface area contributed by atoms with Crippen molar-refractivity contribution < 1.29 is 9.53 Å². The predicted octanol–water partition coefficient (Wildman–Crippen LogP) is 3.98. The molecule has 1 aliphatic heterocycles. The molecular formula is C19H21NO2. The van der Waals surface area contributed by atoms with E-state index < -0.39 is 0 Å². The maximum Gasteiger partial charge on any atom is 0.167 e. The van der Waals surface area contributed by atoms with Crippen molar-refractivity contribution in [1.29, 1.82) is 0 Å². The maximum absolute atomic E-state index is 12.3. The molecule has 1 aromatic carbocycles. The van der Waals surface area contributed by atoms with Crippen LogP contribution in [0.1, 0.15) is 38.3 Å². The quantitative estimate of drug-likeness (QED) is 0.774. The summed E-state index contributed by atoms with van der Waals surface area (Å²) in [5.74, 6) is 0.958. The van der Waals surface area contributed by atoms with Crippen LogP contribution < -0.4 is 4.74 Å². The third kappa shape index (κ3) is 2.63. The average molecular weight is 295 g/mol. The average Bonchev–Trinajstić information content (AvgIpc) is 3.04. The molecule has 1 aliphatic carbocycles. The number of rotatable bonds is 2. The molecule has 0 saturated carbocycles. The highest BCUT2D eigenvalue weighted by atomic mass is 16.5. The lowest BCUT2D eigenvalue weighted by Crippen LogP contribution is -2.18. The van der Waals surface area contributed by atoms with Crippen molar-refractivity contribution in [3.05, 3.63) is 47.2 Å². The molecular weight excluding hydrogens is 274 g/mol. The molecule has 2 aliphatic rings. The third-order valence-electron chi connectivity index (χ3n) is 4.21. The van der Waals surface area contributed by atoms with Gasteiger partial charge in [0.25, 0.3) is 0 Å². The fraction of sp³-hybridized carbons (Fsp3) is 0.368. The van der Waals surface area contributed by atoms with E-state index in [4.69, 9.17) is 4.74 Å². The molecule has 3 heteroatoms. The Bertz CT molecular complexity index is 730. The van der Waals surface area contributed by atoms with Gasteiger partial charge in [-0.3, -0.25) is 9.79 Å². The zero-order chi connectivity index (χ0) is 15.9. The molecule has 0 bridgehead atoms. The van der Waals surface area contributed by atoms with Crippen LogP contribution in [-0.2, 0) is 11.2 Å². The van der Waals surface area contributed by atoms with E-state index in [0.717, 1.165) is 40.2 Å². The molecule has 114 valence electrons. The van der Waals surface area contributed by atoms with Crippen molar-refractivity contribution in [1.82, 2.24) is 0 Å². The van der Waals surface area contributed by atoms with Crippen molar-refractivity contribution in [3.63, 3.8) is 0 Å². The Morgan fingerprint density at radius 3 is 2.64 bits per heavy atom. The topological polar surface area (TPSA) is 38.7 Å². The van der Waals surface area contributed by atoms with Crippen LogP contribution in [0.15, 0.2) is 41.0 Å². The highest BCUT2D eigenvalue weighted by Crippen LogP contribution is 2.35. The molecule has 0 amide bonds. The predicted molar refractivity (Wildman–Crippen MR) is 89.3 cm³/mol. The smallest absolute Gasteiger partial charge is 0.167 e.